The molecule has 1 aliphatic carbocycles. The Labute approximate surface area is 154 Å². The second-order valence-electron chi connectivity index (χ2n) is 7.44. The van der Waals surface area contributed by atoms with Crippen LogP contribution in [0.5, 0.6) is 0 Å². The molecule has 3 rings (SSSR count). The molecule has 2 heterocycles. The molecule has 7 nitrogen and oxygen atoms in total. The van der Waals surface area contributed by atoms with E-state index < -0.39 is 0 Å². The lowest BCUT2D eigenvalue weighted by Gasteiger charge is -2.43. The number of rotatable bonds is 6. The van der Waals surface area contributed by atoms with Gasteiger partial charge in [-0.2, -0.15) is 0 Å². The van der Waals surface area contributed by atoms with Crippen LogP contribution < -0.4 is 5.32 Å². The zero-order valence-corrected chi connectivity index (χ0v) is 15.7. The van der Waals surface area contributed by atoms with Gasteiger partial charge in [-0.3, -0.25) is 9.59 Å². The van der Waals surface area contributed by atoms with Gasteiger partial charge in [-0.05, 0) is 45.6 Å². The topological polar surface area (TPSA) is 81.0 Å². The predicted molar refractivity (Wildman–Crippen MR) is 94.8 cm³/mol. The minimum Gasteiger partial charge on any atom is -0.472 e. The number of hydrogen-bond donors (Lipinski definition) is 1. The summed E-state index contributed by atoms with van der Waals surface area (Å²) in [4.78, 5) is 26.8. The molecule has 0 aromatic carbocycles. The molecule has 0 spiro atoms. The molecule has 0 radical (unpaired) electrons. The maximum absolute atomic E-state index is 12.8. The van der Waals surface area contributed by atoms with Crippen molar-refractivity contribution in [2.45, 2.75) is 63.3 Å². The van der Waals surface area contributed by atoms with Gasteiger partial charge in [0.25, 0.3) is 5.91 Å². The molecule has 2 fully saturated rings. The number of carbonyl (C=O) groups is 2. The van der Waals surface area contributed by atoms with Crippen LogP contribution in [0.2, 0.25) is 0 Å². The Balaban J connectivity index is 1.67. The summed E-state index contributed by atoms with van der Waals surface area (Å²) in [5.74, 6) is -0.155. The monoisotopic (exact) mass is 364 g/mol. The molecular weight excluding hydrogens is 336 g/mol. The number of methoxy groups -OCH3 is 1. The van der Waals surface area contributed by atoms with E-state index in [1.165, 1.54) is 12.5 Å². The molecule has 1 aromatic rings. The molecule has 1 N–H and O–H groups in total. The number of nitrogens with one attached hydrogen (secondary N) is 1. The highest BCUT2D eigenvalue weighted by atomic mass is 16.5. The molecule has 7 heteroatoms. The van der Waals surface area contributed by atoms with Crippen molar-refractivity contribution in [1.29, 1.82) is 0 Å². The van der Waals surface area contributed by atoms with E-state index in [1.807, 2.05) is 18.7 Å². The lowest BCUT2D eigenvalue weighted by Crippen LogP contribution is -2.56. The van der Waals surface area contributed by atoms with E-state index in [0.717, 1.165) is 19.3 Å². The number of hydrogen-bond acceptors (Lipinski definition) is 5. The van der Waals surface area contributed by atoms with E-state index in [1.54, 1.807) is 13.2 Å². The van der Waals surface area contributed by atoms with Crippen LogP contribution in [0.25, 0.3) is 0 Å². The second-order valence-corrected chi connectivity index (χ2v) is 7.44. The van der Waals surface area contributed by atoms with Gasteiger partial charge in [0.2, 0.25) is 5.91 Å². The maximum Gasteiger partial charge on any atom is 0.257 e. The predicted octanol–water partition coefficient (Wildman–Crippen LogP) is 1.97. The van der Waals surface area contributed by atoms with Crippen molar-refractivity contribution < 1.29 is 23.5 Å². The minimum atomic E-state index is -0.324. The van der Waals surface area contributed by atoms with Crippen molar-refractivity contribution in [3.8, 4) is 0 Å². The molecule has 0 unspecified atom stereocenters. The Morgan fingerprint density at radius 3 is 2.88 bits per heavy atom. The summed E-state index contributed by atoms with van der Waals surface area (Å²) in [6.45, 7) is 4.52. The average molecular weight is 364 g/mol. The van der Waals surface area contributed by atoms with Crippen LogP contribution in [0.15, 0.2) is 23.0 Å². The highest BCUT2D eigenvalue weighted by molar-refractivity contribution is 5.94. The van der Waals surface area contributed by atoms with Crippen LogP contribution in [-0.4, -0.2) is 60.8 Å². The molecule has 144 valence electrons. The summed E-state index contributed by atoms with van der Waals surface area (Å²) >= 11 is 0. The van der Waals surface area contributed by atoms with E-state index in [2.05, 4.69) is 5.32 Å². The zero-order chi connectivity index (χ0) is 18.7. The van der Waals surface area contributed by atoms with E-state index in [4.69, 9.17) is 13.9 Å². The van der Waals surface area contributed by atoms with Crippen molar-refractivity contribution in [1.82, 2.24) is 10.2 Å². The minimum absolute atomic E-state index is 0.0179. The summed E-state index contributed by atoms with van der Waals surface area (Å²) in [5.41, 5.74) is 0.225. The van der Waals surface area contributed by atoms with E-state index in [-0.39, 0.29) is 42.2 Å². The third-order valence-electron chi connectivity index (χ3n) is 5.53. The van der Waals surface area contributed by atoms with Gasteiger partial charge in [-0.1, -0.05) is 0 Å². The normalized spacial score (nSPS) is 28.2. The molecule has 3 atom stereocenters. The molecule has 1 saturated carbocycles. The highest BCUT2D eigenvalue weighted by Gasteiger charge is 2.52. The summed E-state index contributed by atoms with van der Waals surface area (Å²) in [6.07, 6.45) is 6.16. The molecule has 2 aliphatic rings. The largest absolute Gasteiger partial charge is 0.472 e. The van der Waals surface area contributed by atoms with E-state index in [9.17, 15) is 9.59 Å². The number of carbonyl (C=O) groups excluding carboxylic acids is 2. The molecule has 2 amide bonds. The smallest absolute Gasteiger partial charge is 0.257 e. The van der Waals surface area contributed by atoms with Gasteiger partial charge in [-0.15, -0.1) is 0 Å². The lowest BCUT2D eigenvalue weighted by atomic mass is 9.78. The first-order chi connectivity index (χ1) is 12.4. The second kappa shape index (κ2) is 7.80. The number of fused-ring (bicyclic) bond motifs is 1. The average Bonchev–Trinajstić information content (AvgIpc) is 3.27. The van der Waals surface area contributed by atoms with Gasteiger partial charge in [0.05, 0.1) is 29.6 Å². The summed E-state index contributed by atoms with van der Waals surface area (Å²) < 4.78 is 16.3. The first-order valence-electron chi connectivity index (χ1n) is 9.24. The van der Waals surface area contributed by atoms with Crippen molar-refractivity contribution in [3.05, 3.63) is 24.2 Å². The number of amides is 2. The highest BCUT2D eigenvalue weighted by Crippen LogP contribution is 2.43. The third-order valence-corrected chi connectivity index (χ3v) is 5.53. The fourth-order valence-electron chi connectivity index (χ4n) is 4.13. The van der Waals surface area contributed by atoms with Crippen LogP contribution in [0.1, 0.15) is 49.9 Å². The number of nitrogens with zero attached hydrogens (tertiary/aromatic N) is 1. The van der Waals surface area contributed by atoms with Crippen LogP contribution in [-0.2, 0) is 14.3 Å². The van der Waals surface area contributed by atoms with E-state index >= 15 is 0 Å². The van der Waals surface area contributed by atoms with Crippen molar-refractivity contribution in [2.75, 3.05) is 20.3 Å². The Morgan fingerprint density at radius 2 is 2.23 bits per heavy atom. The first-order valence-corrected chi connectivity index (χ1v) is 9.24. The number of likely N-dealkylation sites (tertiary alicyclic amines) is 1. The lowest BCUT2D eigenvalue weighted by molar-refractivity contribution is -0.129. The van der Waals surface area contributed by atoms with Gasteiger partial charge < -0.3 is 24.1 Å². The molecule has 1 aromatic heterocycles. The Hall–Kier alpha value is -1.86. The molecular formula is C19H28N2O5. The first kappa shape index (κ1) is 18.9. The third kappa shape index (κ3) is 3.78. The molecule has 26 heavy (non-hydrogen) atoms. The fraction of sp³-hybridized carbons (Fsp3) is 0.684. The van der Waals surface area contributed by atoms with Crippen LogP contribution in [0.3, 0.4) is 0 Å². The Bertz CT molecular complexity index is 630. The van der Waals surface area contributed by atoms with Crippen molar-refractivity contribution in [3.63, 3.8) is 0 Å². The molecule has 1 aliphatic heterocycles. The number of ether oxygens (including phenoxy) is 2. The van der Waals surface area contributed by atoms with Crippen LogP contribution in [0, 0.1) is 0 Å². The SMILES string of the molecule is CO[C@@]12CC[C@@H](NC(=O)COC(C)C)C[C@@H]1N(C(=O)c1ccoc1)CC2. The quantitative estimate of drug-likeness (QED) is 0.835. The maximum atomic E-state index is 12.8. The van der Waals surface area contributed by atoms with E-state index in [0.29, 0.717) is 18.5 Å². The Kier molecular flexibility index (Phi) is 5.67. The summed E-state index contributed by atoms with van der Waals surface area (Å²) in [7, 11) is 1.72. The molecule has 1 saturated heterocycles. The van der Waals surface area contributed by atoms with Gasteiger partial charge in [0.1, 0.15) is 12.9 Å². The van der Waals surface area contributed by atoms with Gasteiger partial charge in [0, 0.05) is 19.7 Å². The van der Waals surface area contributed by atoms with Crippen molar-refractivity contribution in [2.24, 2.45) is 0 Å². The fourth-order valence-corrected chi connectivity index (χ4v) is 4.13. The standard InChI is InChI=1S/C19H28N2O5/c1-13(2)26-12-17(22)20-15-4-6-19(24-3)7-8-21(16(19)10-15)18(23)14-5-9-25-11-14/h5,9,11,13,15-16H,4,6-8,10,12H2,1-3H3,(H,20,22)/t15-,16+,19-/m1/s1. The Morgan fingerprint density at radius 1 is 1.42 bits per heavy atom. The van der Waals surface area contributed by atoms with Crippen LogP contribution >= 0.6 is 0 Å². The van der Waals surface area contributed by atoms with Gasteiger partial charge >= 0.3 is 0 Å². The van der Waals surface area contributed by atoms with Crippen LogP contribution in [0.4, 0.5) is 0 Å². The zero-order valence-electron chi connectivity index (χ0n) is 15.7. The molecule has 0 bridgehead atoms. The number of furan rings is 1. The van der Waals surface area contributed by atoms with Crippen molar-refractivity contribution >= 4 is 11.8 Å². The van der Waals surface area contributed by atoms with Gasteiger partial charge in [0.15, 0.2) is 0 Å². The van der Waals surface area contributed by atoms with Gasteiger partial charge in [-0.25, -0.2) is 0 Å². The summed E-state index contributed by atoms with van der Waals surface area (Å²) in [6, 6.07) is 1.64. The summed E-state index contributed by atoms with van der Waals surface area (Å²) in [5, 5.41) is 3.05.